The SMILES string of the molecule is CC(=O)N[C@@H](CC(C)C)C(=O)N[C@H](C(=O)N[C@@H](Cc1ccccc1)C(=O)N[C@]1(C)CCCCCC/C=C/CCC[C@@](C)(C(=O)N[C@@H](CO)C(=O)CN[C@@H](C)C(=O)CCN[C@@H](C)C(=O)CN)NC(=O)[C@H](CC2CCC2)NC(=O)[C@H](CCC(N)=O)NCN[C@@H](C)C(=O)CC(=O)[C@H](Cc2c[nH]c3ccccc23)NN[C@@H](Cc2ccc(O)cc2)C(=O)N[C@@H](CCC(=O)O)C(=O)C1=O)[C@@H](C)O. The molecular formula is C93H137N17O21. The van der Waals surface area contributed by atoms with Crippen molar-refractivity contribution in [3.63, 3.8) is 0 Å². The zero-order valence-electron chi connectivity index (χ0n) is 76.6. The Morgan fingerprint density at radius 1 is 0.603 bits per heavy atom. The van der Waals surface area contributed by atoms with Gasteiger partial charge in [-0.2, -0.15) is 0 Å². The Morgan fingerprint density at radius 2 is 1.24 bits per heavy atom. The fourth-order valence-electron chi connectivity index (χ4n) is 15.3. The molecule has 38 nitrogen and oxygen atoms in total. The lowest BCUT2D eigenvalue weighted by molar-refractivity contribution is -0.145. The van der Waals surface area contributed by atoms with Gasteiger partial charge in [0, 0.05) is 62.9 Å². The molecule has 3 aromatic carbocycles. The first-order chi connectivity index (χ1) is 62.1. The van der Waals surface area contributed by atoms with Crippen LogP contribution in [0.25, 0.3) is 10.9 Å². The average molecular weight is 1830 g/mol. The third-order valence-corrected chi connectivity index (χ3v) is 23.8. The van der Waals surface area contributed by atoms with Gasteiger partial charge in [-0.15, -0.1) is 0 Å². The second-order valence-corrected chi connectivity index (χ2v) is 35.2. The van der Waals surface area contributed by atoms with Gasteiger partial charge < -0.3 is 90.0 Å². The van der Waals surface area contributed by atoms with E-state index < -0.39 is 210 Å². The number of aliphatic carboxylic acids is 1. The molecule has 2 heterocycles. The van der Waals surface area contributed by atoms with Crippen molar-refractivity contribution in [2.75, 3.05) is 32.9 Å². The molecule has 0 bridgehead atoms. The molecule has 1 aliphatic heterocycles. The molecule has 6 rings (SSSR count). The molecule has 0 saturated heterocycles. The lowest BCUT2D eigenvalue weighted by Crippen LogP contribution is -2.64. The maximum absolute atomic E-state index is 15.6. The standard InChI is InChI=1S/C93H137N17O21/c1-54(2)43-70(101-59(7)113)86(126)106-82(58(6)112)90(130)104-72(44-60-25-18-17-19-26-60)88(128)107-92(8)40-22-15-13-11-10-12-14-16-23-41-93(9,91(131)105-74(52-111)79(119)51-97-55(3)75(115)39-42-96-57(5)78(118)49-94)108-89(129)71(45-61-27-24-28-61)103-85(125)68(35-37-80(95)120)100-53-99-56(4)76(116)48-77(117)69(47-63-50-98-66-30-21-20-29-65(63)66)109-110-73(46-62-31-33-64(114)34-32-62)87(127)102-67(36-38-81(121)122)83(123)84(92)124/h12,14,17-21,25-26,29-34,50,54-58,61,67-74,82,96-100,109-112,114H,10-11,13,15-16,22-24,27-28,35-49,51-53,94H2,1-9H3,(H2,95,120)(H,101,113)(H,102,127)(H,103,125)(H,104,130)(H,105,131)(H,106,126)(H,107,128)(H,108,129)(H,121,122)/b14-12+/t55-,56-,57-,58+,67-,68-,69-,70-,71-,72-,73-,74-,82-,92+,93-/m0/s1. The van der Waals surface area contributed by atoms with Gasteiger partial charge in [0.15, 0.2) is 28.9 Å². The Kier molecular flexibility index (Phi) is 45.2. The molecule has 1 fully saturated rings. The number of phenolic OH excluding ortho intramolecular Hbond substituents is 1. The summed E-state index contributed by atoms with van der Waals surface area (Å²) < 4.78 is 0. The smallest absolute Gasteiger partial charge is 0.303 e. The van der Waals surface area contributed by atoms with E-state index in [9.17, 15) is 78.0 Å². The summed E-state index contributed by atoms with van der Waals surface area (Å²) in [7, 11) is 0. The lowest BCUT2D eigenvalue weighted by atomic mass is 9.80. The minimum absolute atomic E-state index is 0.0192. The summed E-state index contributed by atoms with van der Waals surface area (Å²) in [5.74, 6) is -14.8. The van der Waals surface area contributed by atoms with Crippen LogP contribution in [0.5, 0.6) is 5.75 Å². The van der Waals surface area contributed by atoms with E-state index in [4.69, 9.17) is 11.5 Å². The summed E-state index contributed by atoms with van der Waals surface area (Å²) >= 11 is 0. The number of phenols is 1. The maximum Gasteiger partial charge on any atom is 0.303 e. The van der Waals surface area contributed by atoms with Crippen LogP contribution in [0.15, 0.2) is 97.2 Å². The molecule has 0 radical (unpaired) electrons. The van der Waals surface area contributed by atoms with Gasteiger partial charge in [0.25, 0.3) is 0 Å². The number of primary amides is 1. The molecule has 38 heteroatoms. The summed E-state index contributed by atoms with van der Waals surface area (Å²) in [6, 6.07) is 5.01. The lowest BCUT2D eigenvalue weighted by Gasteiger charge is -2.35. The number of hydrogen-bond acceptors (Lipinski definition) is 27. The van der Waals surface area contributed by atoms with Gasteiger partial charge in [0.1, 0.15) is 53.1 Å². The third kappa shape index (κ3) is 36.5. The number of carboxylic acids is 1. The maximum atomic E-state index is 15.6. The predicted octanol–water partition coefficient (Wildman–Crippen LogP) is 0.804. The van der Waals surface area contributed by atoms with E-state index >= 15 is 24.0 Å². The monoisotopic (exact) mass is 1830 g/mol. The van der Waals surface area contributed by atoms with Crippen LogP contribution in [0.2, 0.25) is 0 Å². The van der Waals surface area contributed by atoms with E-state index in [2.05, 4.69) is 79.6 Å². The first-order valence-corrected chi connectivity index (χ1v) is 45.3. The molecule has 15 atom stereocenters. The van der Waals surface area contributed by atoms with E-state index in [0.717, 1.165) is 6.42 Å². The number of nitrogens with two attached hydrogens (primary N) is 2. The highest BCUT2D eigenvalue weighted by Crippen LogP contribution is 2.32. The number of aliphatic hydroxyl groups excluding tert-OH is 2. The summed E-state index contributed by atoms with van der Waals surface area (Å²) in [5.41, 5.74) is 15.0. The number of carbonyl (C=O) groups excluding carboxylic acids is 16. The number of nitrogens with one attached hydrogen (secondary N) is 15. The Hall–Kier alpha value is -11.2. The minimum atomic E-state index is -2.23. The van der Waals surface area contributed by atoms with E-state index in [1.165, 1.54) is 65.8 Å². The molecule has 0 spiro atoms. The minimum Gasteiger partial charge on any atom is -0.508 e. The van der Waals surface area contributed by atoms with Gasteiger partial charge in [0.2, 0.25) is 64.7 Å². The van der Waals surface area contributed by atoms with Crippen molar-refractivity contribution < 1.29 is 102 Å². The number of carboxylic acid groups (broad SMARTS) is 1. The Balaban J connectivity index is 1.40. The van der Waals surface area contributed by atoms with E-state index in [1.54, 1.807) is 81.6 Å². The predicted molar refractivity (Wildman–Crippen MR) is 487 cm³/mol. The number of Topliss-reactive ketones (excluding diaryl/α,β-unsaturated/α-hetero) is 7. The normalized spacial score (nSPS) is 22.9. The van der Waals surface area contributed by atoms with Crippen molar-refractivity contribution in [3.05, 3.63) is 114 Å². The van der Waals surface area contributed by atoms with Crippen LogP contribution in [0, 0.1) is 11.8 Å². The molecule has 1 aromatic heterocycles. The number of carbonyl (C=O) groups is 17. The first kappa shape index (κ1) is 109. The van der Waals surface area contributed by atoms with Crippen LogP contribution in [0.1, 0.15) is 207 Å². The Morgan fingerprint density at radius 3 is 1.89 bits per heavy atom. The van der Waals surface area contributed by atoms with Gasteiger partial charge in [-0.25, -0.2) is 10.9 Å². The molecule has 4 aromatic rings. The number of aromatic nitrogens is 1. The van der Waals surface area contributed by atoms with E-state index in [0.29, 0.717) is 72.5 Å². The van der Waals surface area contributed by atoms with Crippen molar-refractivity contribution in [2.45, 2.75) is 300 Å². The third-order valence-electron chi connectivity index (χ3n) is 23.8. The van der Waals surface area contributed by atoms with E-state index in [1.807, 2.05) is 12.2 Å². The molecule has 720 valence electrons. The fraction of sp³-hybridized carbons (Fsp3) is 0.581. The average Bonchev–Trinajstić information content (AvgIpc) is 1.67. The number of rotatable bonds is 38. The summed E-state index contributed by atoms with van der Waals surface area (Å²) in [5, 5.41) is 76.1. The van der Waals surface area contributed by atoms with Crippen LogP contribution in [-0.2, 0) is 101 Å². The molecule has 9 amide bonds. The number of hydrazine groups is 1. The second kappa shape index (κ2) is 54.6. The quantitative estimate of drug-likeness (QED) is 0.0168. The number of H-pyrrole nitrogens is 1. The number of benzene rings is 3. The van der Waals surface area contributed by atoms with Crippen molar-refractivity contribution in [2.24, 2.45) is 23.3 Å². The number of aliphatic hydroxyl groups is 2. The zero-order valence-corrected chi connectivity index (χ0v) is 76.6. The molecule has 23 N–H and O–H groups in total. The van der Waals surface area contributed by atoms with Gasteiger partial charge >= 0.3 is 5.97 Å². The van der Waals surface area contributed by atoms with Crippen LogP contribution in [0.4, 0.5) is 0 Å². The molecule has 131 heavy (non-hydrogen) atoms. The number of hydrogen-bond donors (Lipinski definition) is 21. The van der Waals surface area contributed by atoms with Gasteiger partial charge in [-0.3, -0.25) is 92.1 Å². The highest BCUT2D eigenvalue weighted by molar-refractivity contribution is 6.43. The summed E-state index contributed by atoms with van der Waals surface area (Å²) in [6.07, 6.45) is 4.89. The van der Waals surface area contributed by atoms with Crippen molar-refractivity contribution >= 4 is 111 Å². The Labute approximate surface area is 764 Å². The van der Waals surface area contributed by atoms with Crippen molar-refractivity contribution in [1.29, 1.82) is 0 Å². The number of aromatic amines is 1. The van der Waals surface area contributed by atoms with Gasteiger partial charge in [0.05, 0.1) is 68.5 Å². The number of amides is 9. The molecule has 1 saturated carbocycles. The van der Waals surface area contributed by atoms with Crippen LogP contribution >= 0.6 is 0 Å². The van der Waals surface area contributed by atoms with Crippen LogP contribution in [0.3, 0.4) is 0 Å². The van der Waals surface area contributed by atoms with Gasteiger partial charge in [-0.1, -0.05) is 125 Å². The van der Waals surface area contributed by atoms with Crippen LogP contribution in [-0.4, -0.2) is 248 Å². The highest BCUT2D eigenvalue weighted by atomic mass is 16.4. The summed E-state index contributed by atoms with van der Waals surface area (Å²) in [4.78, 5) is 244. The van der Waals surface area contributed by atoms with Crippen LogP contribution < -0.4 is 86.1 Å². The van der Waals surface area contributed by atoms with Crippen molar-refractivity contribution in [1.82, 2.24) is 79.6 Å². The molecular weight excluding hydrogens is 1690 g/mol. The molecule has 0 unspecified atom stereocenters. The number of aromatic hydroxyl groups is 1. The number of allylic oxidation sites excluding steroid dienone is 2. The van der Waals surface area contributed by atoms with E-state index in [-0.39, 0.29) is 126 Å². The zero-order chi connectivity index (χ0) is 96.7. The second-order valence-electron chi connectivity index (χ2n) is 35.2. The topological polar surface area (TPSA) is 607 Å². The molecule has 1 aliphatic carbocycles. The largest absolute Gasteiger partial charge is 0.508 e. The highest BCUT2D eigenvalue weighted by Gasteiger charge is 2.46. The summed E-state index contributed by atoms with van der Waals surface area (Å²) in [6.45, 7) is 11.6. The van der Waals surface area contributed by atoms with Crippen molar-refractivity contribution in [3.8, 4) is 5.75 Å². The Bertz CT molecular complexity index is 4580. The first-order valence-electron chi connectivity index (χ1n) is 45.3. The number of fused-ring (bicyclic) bond motifs is 1. The molecule has 2 aliphatic rings. The fourth-order valence-corrected chi connectivity index (χ4v) is 15.3. The number of para-hydroxylation sites is 1. The van der Waals surface area contributed by atoms with Gasteiger partial charge in [-0.05, 0) is 165 Å². The number of ketones is 7.